The molecule has 3 aromatic heterocycles. The van der Waals surface area contributed by atoms with Gasteiger partial charge in [-0.15, -0.1) is 22.7 Å². The monoisotopic (exact) mass is 547 g/mol. The smallest absolute Gasteiger partial charge is 0.281 e. The Bertz CT molecular complexity index is 1440. The Morgan fingerprint density at radius 1 is 1.11 bits per heavy atom. The Morgan fingerprint density at radius 3 is 2.54 bits per heavy atom. The maximum Gasteiger partial charge on any atom is 0.281 e. The van der Waals surface area contributed by atoms with Gasteiger partial charge in [0.1, 0.15) is 5.75 Å². The molecule has 0 bridgehead atoms. The van der Waals surface area contributed by atoms with E-state index in [1.54, 1.807) is 60.6 Å². The van der Waals surface area contributed by atoms with Crippen LogP contribution in [0.15, 0.2) is 53.1 Å². The SMILES string of the molecule is C/C(=N\NC(=O)c1ccc(C(=O)NCc2ccnn2C)s1)c1csc(-c2ccc(Cl)c(Cl)c2)c1O. The number of hydrogen-bond donors (Lipinski definition) is 3. The maximum absolute atomic E-state index is 12.5. The van der Waals surface area contributed by atoms with Crippen molar-refractivity contribution >= 4 is 63.4 Å². The first-order valence-electron chi connectivity index (χ1n) is 10.2. The van der Waals surface area contributed by atoms with Gasteiger partial charge in [0.15, 0.2) is 0 Å². The van der Waals surface area contributed by atoms with Crippen molar-refractivity contribution in [1.29, 1.82) is 0 Å². The number of carbonyl (C=O) groups excluding carboxylic acids is 2. The molecule has 12 heteroatoms. The van der Waals surface area contributed by atoms with Crippen molar-refractivity contribution in [3.63, 3.8) is 0 Å². The third kappa shape index (κ3) is 5.57. The lowest BCUT2D eigenvalue weighted by Crippen LogP contribution is -2.23. The minimum Gasteiger partial charge on any atom is -0.506 e. The fourth-order valence-corrected chi connectivity index (χ4v) is 5.23. The lowest BCUT2D eigenvalue weighted by molar-refractivity contribution is 0.0949. The summed E-state index contributed by atoms with van der Waals surface area (Å²) < 4.78 is 1.67. The van der Waals surface area contributed by atoms with E-state index in [1.807, 2.05) is 6.07 Å². The minimum atomic E-state index is -0.459. The molecule has 0 aliphatic carbocycles. The van der Waals surface area contributed by atoms with Gasteiger partial charge in [-0.25, -0.2) is 5.43 Å². The number of halogens is 2. The Kier molecular flexibility index (Phi) is 7.56. The van der Waals surface area contributed by atoms with Crippen molar-refractivity contribution in [3.8, 4) is 16.2 Å². The van der Waals surface area contributed by atoms with Crippen LogP contribution in [0.1, 0.15) is 37.5 Å². The number of amides is 2. The molecule has 4 rings (SSSR count). The molecule has 0 unspecified atom stereocenters. The largest absolute Gasteiger partial charge is 0.506 e. The Hall–Kier alpha value is -3.18. The Morgan fingerprint density at radius 2 is 1.86 bits per heavy atom. The summed E-state index contributed by atoms with van der Waals surface area (Å²) in [6.45, 7) is 2.00. The van der Waals surface area contributed by atoms with Crippen molar-refractivity contribution in [2.24, 2.45) is 12.1 Å². The van der Waals surface area contributed by atoms with Crippen LogP contribution < -0.4 is 10.7 Å². The molecule has 180 valence electrons. The zero-order valence-electron chi connectivity index (χ0n) is 18.5. The van der Waals surface area contributed by atoms with Crippen LogP contribution in [0.5, 0.6) is 5.75 Å². The molecule has 0 aliphatic heterocycles. The Labute approximate surface area is 218 Å². The summed E-state index contributed by atoms with van der Waals surface area (Å²) in [6.07, 6.45) is 1.65. The number of nitrogens with one attached hydrogen (secondary N) is 2. The molecule has 3 heterocycles. The predicted octanol–water partition coefficient (Wildman–Crippen LogP) is 5.31. The summed E-state index contributed by atoms with van der Waals surface area (Å²) in [5.41, 5.74) is 4.96. The number of benzene rings is 1. The predicted molar refractivity (Wildman–Crippen MR) is 140 cm³/mol. The van der Waals surface area contributed by atoms with Crippen molar-refractivity contribution < 1.29 is 14.7 Å². The summed E-state index contributed by atoms with van der Waals surface area (Å²) in [7, 11) is 1.79. The van der Waals surface area contributed by atoms with E-state index in [0.29, 0.717) is 42.5 Å². The van der Waals surface area contributed by atoms with Crippen LogP contribution in [0.2, 0.25) is 10.0 Å². The summed E-state index contributed by atoms with van der Waals surface area (Å²) in [6, 6.07) is 10.1. The number of rotatable bonds is 7. The van der Waals surface area contributed by atoms with E-state index < -0.39 is 5.91 Å². The molecule has 0 spiro atoms. The van der Waals surface area contributed by atoms with Crippen molar-refractivity contribution in [2.45, 2.75) is 13.5 Å². The van der Waals surface area contributed by atoms with Gasteiger partial charge in [-0.1, -0.05) is 29.3 Å². The van der Waals surface area contributed by atoms with E-state index in [-0.39, 0.29) is 11.7 Å². The molecule has 8 nitrogen and oxygen atoms in total. The molecule has 1 aromatic carbocycles. The average molecular weight is 548 g/mol. The van der Waals surface area contributed by atoms with Crippen LogP contribution in [-0.4, -0.2) is 32.4 Å². The highest BCUT2D eigenvalue weighted by atomic mass is 35.5. The number of hydrogen-bond acceptors (Lipinski definition) is 7. The number of aromatic nitrogens is 2. The van der Waals surface area contributed by atoms with Crippen molar-refractivity contribution in [3.05, 3.63) is 79.0 Å². The van der Waals surface area contributed by atoms with Crippen LogP contribution in [0, 0.1) is 0 Å². The lowest BCUT2D eigenvalue weighted by Gasteiger charge is -2.04. The number of aromatic hydroxyl groups is 1. The van der Waals surface area contributed by atoms with Crippen molar-refractivity contribution in [1.82, 2.24) is 20.5 Å². The Balaban J connectivity index is 1.40. The number of carbonyl (C=O) groups is 2. The quantitative estimate of drug-likeness (QED) is 0.215. The topological polar surface area (TPSA) is 109 Å². The molecule has 0 saturated carbocycles. The highest BCUT2D eigenvalue weighted by Gasteiger charge is 2.17. The third-order valence-corrected chi connectivity index (χ3v) is 7.91. The van der Waals surface area contributed by atoms with Gasteiger partial charge in [0.05, 0.1) is 48.2 Å². The molecule has 0 saturated heterocycles. The molecule has 2 amide bonds. The average Bonchev–Trinajstić information content (AvgIpc) is 3.58. The van der Waals surface area contributed by atoms with Gasteiger partial charge in [-0.3, -0.25) is 14.3 Å². The summed E-state index contributed by atoms with van der Waals surface area (Å²) in [5, 5.41) is 24.2. The number of aryl methyl sites for hydroxylation is 1. The molecule has 0 atom stereocenters. The maximum atomic E-state index is 12.5. The molecular formula is C23H19Cl2N5O3S2. The molecule has 3 N–H and O–H groups in total. The van der Waals surface area contributed by atoms with Gasteiger partial charge in [0.25, 0.3) is 11.8 Å². The van der Waals surface area contributed by atoms with E-state index >= 15 is 0 Å². The standard InChI is InChI=1S/C23H19Cl2N5O3S2/c1-12(15-11-34-21(20(15)31)13-3-4-16(24)17(25)9-13)28-29-23(33)19-6-5-18(35-19)22(32)26-10-14-7-8-27-30(14)2/h3-9,11,31H,10H2,1-2H3,(H,26,32)(H,29,33)/b28-12+. The van der Waals surface area contributed by atoms with Crippen LogP contribution in [0.3, 0.4) is 0 Å². The number of nitrogens with zero attached hydrogens (tertiary/aromatic N) is 3. The lowest BCUT2D eigenvalue weighted by atomic mass is 10.1. The zero-order chi connectivity index (χ0) is 25.1. The van der Waals surface area contributed by atoms with Gasteiger partial charge >= 0.3 is 0 Å². The molecular weight excluding hydrogens is 529 g/mol. The highest BCUT2D eigenvalue weighted by molar-refractivity contribution is 7.16. The summed E-state index contributed by atoms with van der Waals surface area (Å²) in [4.78, 5) is 26.3. The normalized spacial score (nSPS) is 11.5. The molecule has 4 aromatic rings. The molecule has 0 fully saturated rings. The first-order valence-corrected chi connectivity index (χ1v) is 12.7. The number of thiophene rings is 2. The van der Waals surface area contributed by atoms with E-state index in [1.165, 1.54) is 11.3 Å². The minimum absolute atomic E-state index is 0.0346. The molecule has 0 aliphatic rings. The summed E-state index contributed by atoms with van der Waals surface area (Å²) >= 11 is 14.4. The van der Waals surface area contributed by atoms with Crippen LogP contribution >= 0.6 is 45.9 Å². The summed E-state index contributed by atoms with van der Waals surface area (Å²) in [5.74, 6) is -0.709. The van der Waals surface area contributed by atoms with Crippen LogP contribution in [0.25, 0.3) is 10.4 Å². The van der Waals surface area contributed by atoms with E-state index in [9.17, 15) is 14.7 Å². The van der Waals surface area contributed by atoms with E-state index in [2.05, 4.69) is 20.9 Å². The second kappa shape index (κ2) is 10.6. The highest BCUT2D eigenvalue weighted by Crippen LogP contribution is 2.40. The third-order valence-electron chi connectivity index (χ3n) is 5.07. The van der Waals surface area contributed by atoms with Crippen LogP contribution in [0.4, 0.5) is 0 Å². The first kappa shape index (κ1) is 24.9. The fraction of sp³-hybridized carbons (Fsp3) is 0.130. The van der Waals surface area contributed by atoms with Gasteiger partial charge < -0.3 is 10.4 Å². The molecule has 0 radical (unpaired) electrons. The van der Waals surface area contributed by atoms with Crippen molar-refractivity contribution in [2.75, 3.05) is 0 Å². The molecule has 35 heavy (non-hydrogen) atoms. The van der Waals surface area contributed by atoms with Gasteiger partial charge in [-0.05, 0) is 42.8 Å². The van der Waals surface area contributed by atoms with E-state index in [0.717, 1.165) is 22.6 Å². The van der Waals surface area contributed by atoms with Gasteiger partial charge in [-0.2, -0.15) is 10.2 Å². The second-order valence-electron chi connectivity index (χ2n) is 7.39. The second-order valence-corrected chi connectivity index (χ2v) is 10.2. The van der Waals surface area contributed by atoms with E-state index in [4.69, 9.17) is 23.2 Å². The number of hydrazone groups is 1. The van der Waals surface area contributed by atoms with Gasteiger partial charge in [0, 0.05) is 18.6 Å². The zero-order valence-corrected chi connectivity index (χ0v) is 21.6. The van der Waals surface area contributed by atoms with Gasteiger partial charge in [0.2, 0.25) is 0 Å². The van der Waals surface area contributed by atoms with Crippen LogP contribution in [-0.2, 0) is 13.6 Å². The fourth-order valence-electron chi connectivity index (χ4n) is 3.12. The first-order chi connectivity index (χ1) is 16.7.